The molecule has 1 atom stereocenters. The maximum Gasteiger partial charge on any atom is 0.275 e. The van der Waals surface area contributed by atoms with Gasteiger partial charge in [-0.05, 0) is 0 Å². The van der Waals surface area contributed by atoms with E-state index in [0.29, 0.717) is 17.6 Å². The Kier molecular flexibility index (Phi) is 4.15. The molecule has 3 aromatic rings. The van der Waals surface area contributed by atoms with Crippen LogP contribution < -0.4 is 27.1 Å². The standard InChI is InChI=1S/C14H15N5O5/c20-4-7(3-17-10-11(21)13(23)12(10)22)15-1-6-2-16-9-8(6)18-5-19-14(9)24/h2,5,7,15-17,20-21H,1,3-4H2,(H,18,19,24)/t7-/m0/s1. The Hall–Kier alpha value is -2.98. The molecule has 0 spiro atoms. The monoisotopic (exact) mass is 333 g/mol. The molecule has 3 rings (SSSR count). The lowest BCUT2D eigenvalue weighted by Crippen LogP contribution is -2.41. The summed E-state index contributed by atoms with van der Waals surface area (Å²) in [4.78, 5) is 43.2. The second kappa shape index (κ2) is 6.26. The Bertz CT molecular complexity index is 997. The first-order chi connectivity index (χ1) is 11.5. The van der Waals surface area contributed by atoms with Gasteiger partial charge in [-0.25, -0.2) is 4.98 Å². The number of aliphatic hydroxyl groups excluding tert-OH is 1. The summed E-state index contributed by atoms with van der Waals surface area (Å²) in [6, 6.07) is -0.444. The van der Waals surface area contributed by atoms with Gasteiger partial charge in [-0.2, -0.15) is 0 Å². The van der Waals surface area contributed by atoms with Crippen LogP contribution in [0, 0.1) is 0 Å². The number of nitrogens with one attached hydrogen (secondary N) is 4. The van der Waals surface area contributed by atoms with Crippen molar-refractivity contribution in [2.75, 3.05) is 18.5 Å². The fourth-order valence-corrected chi connectivity index (χ4v) is 2.36. The average molecular weight is 333 g/mol. The van der Waals surface area contributed by atoms with Gasteiger partial charge < -0.3 is 30.8 Å². The minimum atomic E-state index is -0.916. The Labute approximate surface area is 133 Å². The topological polar surface area (TPSA) is 160 Å². The van der Waals surface area contributed by atoms with E-state index < -0.39 is 22.6 Å². The first kappa shape index (κ1) is 15.9. The van der Waals surface area contributed by atoms with Crippen molar-refractivity contribution in [2.24, 2.45) is 0 Å². The van der Waals surface area contributed by atoms with E-state index in [9.17, 15) is 24.6 Å². The summed E-state index contributed by atoms with van der Waals surface area (Å²) < 4.78 is 0. The molecule has 0 aliphatic rings. The number of aliphatic hydroxyl groups is 1. The minimum absolute atomic E-state index is 0.130. The zero-order valence-corrected chi connectivity index (χ0v) is 12.4. The largest absolute Gasteiger partial charge is 0.502 e. The van der Waals surface area contributed by atoms with Gasteiger partial charge in [-0.15, -0.1) is 0 Å². The summed E-state index contributed by atoms with van der Waals surface area (Å²) in [5.41, 5.74) is -0.475. The normalized spacial score (nSPS) is 12.7. The summed E-state index contributed by atoms with van der Waals surface area (Å²) in [7, 11) is 0. The Morgan fingerprint density at radius 1 is 1.21 bits per heavy atom. The maximum atomic E-state index is 11.6. The number of hydrogen-bond donors (Lipinski definition) is 6. The van der Waals surface area contributed by atoms with Crippen molar-refractivity contribution >= 4 is 16.7 Å². The van der Waals surface area contributed by atoms with Gasteiger partial charge in [0.2, 0.25) is 0 Å². The van der Waals surface area contributed by atoms with Gasteiger partial charge >= 0.3 is 0 Å². The number of H-pyrrole nitrogens is 2. The number of fused-ring (bicyclic) bond motifs is 1. The highest BCUT2D eigenvalue weighted by molar-refractivity contribution is 5.77. The third-order valence-corrected chi connectivity index (χ3v) is 3.76. The first-order valence-electron chi connectivity index (χ1n) is 7.17. The van der Waals surface area contributed by atoms with Crippen LogP contribution in [0.1, 0.15) is 5.56 Å². The summed E-state index contributed by atoms with van der Waals surface area (Å²) >= 11 is 0. The highest BCUT2D eigenvalue weighted by Gasteiger charge is 2.20. The molecule has 126 valence electrons. The van der Waals surface area contributed by atoms with Crippen LogP contribution in [0.5, 0.6) is 5.75 Å². The molecule has 6 N–H and O–H groups in total. The van der Waals surface area contributed by atoms with E-state index in [1.165, 1.54) is 6.33 Å². The van der Waals surface area contributed by atoms with E-state index in [1.807, 2.05) is 0 Å². The number of aromatic nitrogens is 3. The van der Waals surface area contributed by atoms with Crippen molar-refractivity contribution in [1.82, 2.24) is 20.3 Å². The molecule has 0 saturated heterocycles. The average Bonchev–Trinajstić information content (AvgIpc) is 3.01. The molecule has 0 unspecified atom stereocenters. The van der Waals surface area contributed by atoms with Crippen LogP contribution >= 0.6 is 0 Å². The molecule has 0 bridgehead atoms. The van der Waals surface area contributed by atoms with Crippen LogP contribution in [0.4, 0.5) is 5.69 Å². The summed E-state index contributed by atoms with van der Waals surface area (Å²) in [5.74, 6) is -0.586. The van der Waals surface area contributed by atoms with Crippen LogP contribution in [0.15, 0.2) is 26.9 Å². The fraction of sp³-hybridized carbons (Fsp3) is 0.286. The van der Waals surface area contributed by atoms with E-state index in [2.05, 4.69) is 25.6 Å². The molecule has 0 amide bonds. The zero-order valence-electron chi connectivity index (χ0n) is 12.4. The van der Waals surface area contributed by atoms with E-state index in [0.717, 1.165) is 5.56 Å². The third kappa shape index (κ3) is 2.68. The Morgan fingerprint density at radius 3 is 2.71 bits per heavy atom. The number of hydrogen-bond acceptors (Lipinski definition) is 8. The lowest BCUT2D eigenvalue weighted by molar-refractivity contribution is 0.247. The quantitative estimate of drug-likeness (QED) is 0.274. The second-order valence-electron chi connectivity index (χ2n) is 5.29. The number of aromatic hydroxyl groups is 1. The van der Waals surface area contributed by atoms with E-state index >= 15 is 0 Å². The summed E-state index contributed by atoms with van der Waals surface area (Å²) in [6.45, 7) is 0.214. The molecule has 2 aromatic heterocycles. The van der Waals surface area contributed by atoms with Crippen LogP contribution in [0.2, 0.25) is 0 Å². The van der Waals surface area contributed by atoms with Gasteiger partial charge in [0, 0.05) is 30.9 Å². The highest BCUT2D eigenvalue weighted by Crippen LogP contribution is 2.14. The smallest absolute Gasteiger partial charge is 0.275 e. The molecule has 0 saturated carbocycles. The third-order valence-electron chi connectivity index (χ3n) is 3.76. The van der Waals surface area contributed by atoms with Crippen molar-refractivity contribution < 1.29 is 10.2 Å². The SMILES string of the molecule is O=c1c(O)c(NC[C@@H](CO)NCc2c[nH]c3c(=O)[nH]cnc23)c1=O. The molecule has 0 aliphatic carbocycles. The van der Waals surface area contributed by atoms with Crippen molar-refractivity contribution in [1.29, 1.82) is 0 Å². The number of aromatic amines is 2. The summed E-state index contributed by atoms with van der Waals surface area (Å²) in [5, 5.41) is 24.3. The van der Waals surface area contributed by atoms with Crippen LogP contribution in [0.3, 0.4) is 0 Å². The Morgan fingerprint density at radius 2 is 2.00 bits per heavy atom. The maximum absolute atomic E-state index is 11.6. The molecule has 24 heavy (non-hydrogen) atoms. The second-order valence-corrected chi connectivity index (χ2v) is 5.29. The van der Waals surface area contributed by atoms with Crippen molar-refractivity contribution in [3.63, 3.8) is 0 Å². The van der Waals surface area contributed by atoms with Gasteiger partial charge in [0.1, 0.15) is 11.2 Å². The first-order valence-corrected chi connectivity index (χ1v) is 7.17. The van der Waals surface area contributed by atoms with Gasteiger partial charge in [-0.1, -0.05) is 0 Å². The predicted octanol–water partition coefficient (Wildman–Crippen LogP) is -1.88. The number of nitrogens with zero attached hydrogens (tertiary/aromatic N) is 1. The highest BCUT2D eigenvalue weighted by atomic mass is 16.3. The van der Waals surface area contributed by atoms with Crippen molar-refractivity contribution in [2.45, 2.75) is 12.6 Å². The molecule has 0 radical (unpaired) electrons. The van der Waals surface area contributed by atoms with Gasteiger partial charge in [0.15, 0.2) is 5.75 Å². The number of rotatable bonds is 7. The Balaban J connectivity index is 1.63. The van der Waals surface area contributed by atoms with Crippen LogP contribution in [0.25, 0.3) is 11.0 Å². The molecule has 0 fully saturated rings. The molecule has 10 nitrogen and oxygen atoms in total. The molecule has 0 aliphatic heterocycles. The molecule has 2 heterocycles. The van der Waals surface area contributed by atoms with Gasteiger partial charge in [0.05, 0.1) is 18.5 Å². The van der Waals surface area contributed by atoms with Crippen LogP contribution in [-0.2, 0) is 6.54 Å². The van der Waals surface area contributed by atoms with Crippen molar-refractivity contribution in [3.8, 4) is 5.75 Å². The van der Waals surface area contributed by atoms with Crippen LogP contribution in [-0.4, -0.2) is 44.4 Å². The predicted molar refractivity (Wildman–Crippen MR) is 85.9 cm³/mol. The molecular formula is C14H15N5O5. The van der Waals surface area contributed by atoms with Crippen molar-refractivity contribution in [3.05, 3.63) is 48.9 Å². The molecule has 10 heteroatoms. The number of anilines is 1. The van der Waals surface area contributed by atoms with Gasteiger partial charge in [-0.3, -0.25) is 14.4 Å². The lowest BCUT2D eigenvalue weighted by atomic mass is 10.2. The summed E-state index contributed by atoms with van der Waals surface area (Å²) in [6.07, 6.45) is 2.95. The van der Waals surface area contributed by atoms with Gasteiger partial charge in [0.25, 0.3) is 16.4 Å². The molecular weight excluding hydrogens is 318 g/mol. The minimum Gasteiger partial charge on any atom is -0.502 e. The zero-order chi connectivity index (χ0) is 17.3. The molecule has 1 aromatic carbocycles. The lowest BCUT2D eigenvalue weighted by Gasteiger charge is -2.18. The van der Waals surface area contributed by atoms with E-state index in [1.54, 1.807) is 6.20 Å². The van der Waals surface area contributed by atoms with E-state index in [-0.39, 0.29) is 24.4 Å². The fourth-order valence-electron chi connectivity index (χ4n) is 2.36. The van der Waals surface area contributed by atoms with E-state index in [4.69, 9.17) is 0 Å².